The second kappa shape index (κ2) is 4.53. The van der Waals surface area contributed by atoms with Gasteiger partial charge in [-0.15, -0.1) is 0 Å². The summed E-state index contributed by atoms with van der Waals surface area (Å²) in [6, 6.07) is 6.15. The molecular weight excluding hydrogens is 278 g/mol. The highest BCUT2D eigenvalue weighted by Gasteiger charge is 2.54. The topological polar surface area (TPSA) is 30.9 Å². The highest BCUT2D eigenvalue weighted by atomic mass is 16.7. The number of benzene rings is 1. The summed E-state index contributed by atoms with van der Waals surface area (Å²) in [6.45, 7) is 1.02. The number of para-hydroxylation sites is 1. The van der Waals surface area contributed by atoms with Crippen LogP contribution in [0.4, 0.5) is 0 Å². The van der Waals surface area contributed by atoms with Gasteiger partial charge in [-0.1, -0.05) is 18.2 Å². The molecule has 2 aliphatic heterocycles. The maximum absolute atomic E-state index is 6.26. The Hall–Kier alpha value is -1.94. The van der Waals surface area contributed by atoms with Gasteiger partial charge < -0.3 is 19.1 Å². The third kappa shape index (κ3) is 1.67. The number of ether oxygens (including phenoxy) is 3. The molecule has 22 heavy (non-hydrogen) atoms. The van der Waals surface area contributed by atoms with E-state index in [9.17, 15) is 0 Å². The Morgan fingerprint density at radius 2 is 2.14 bits per heavy atom. The van der Waals surface area contributed by atoms with E-state index in [-0.39, 0.29) is 5.41 Å². The van der Waals surface area contributed by atoms with E-state index in [0.29, 0.717) is 0 Å². The predicted octanol–water partition coefficient (Wildman–Crippen LogP) is 2.85. The van der Waals surface area contributed by atoms with Gasteiger partial charge in [0.15, 0.2) is 11.5 Å². The zero-order valence-electron chi connectivity index (χ0n) is 13.3. The van der Waals surface area contributed by atoms with E-state index in [2.05, 4.69) is 30.3 Å². The number of fused-ring (bicyclic) bond motifs is 2. The van der Waals surface area contributed by atoms with E-state index in [4.69, 9.17) is 14.2 Å². The summed E-state index contributed by atoms with van der Waals surface area (Å²) in [5.74, 6) is 0.888. The van der Waals surface area contributed by atoms with E-state index in [0.717, 1.165) is 30.9 Å². The molecule has 2 bridgehead atoms. The number of hydrogen-bond donors (Lipinski definition) is 0. The second-order valence-corrected chi connectivity index (χ2v) is 6.36. The molecule has 0 aromatic heterocycles. The Morgan fingerprint density at radius 3 is 2.91 bits per heavy atom. The molecule has 0 radical (unpaired) electrons. The summed E-state index contributed by atoms with van der Waals surface area (Å²) in [5, 5.41) is 0. The van der Waals surface area contributed by atoms with Crippen molar-refractivity contribution >= 4 is 0 Å². The van der Waals surface area contributed by atoms with E-state index in [1.165, 1.54) is 11.1 Å². The lowest BCUT2D eigenvalue weighted by atomic mass is 9.62. The molecule has 0 fully saturated rings. The molecule has 2 atom stereocenters. The maximum Gasteiger partial charge on any atom is 0.231 e. The average molecular weight is 299 g/mol. The van der Waals surface area contributed by atoms with Crippen molar-refractivity contribution in [2.24, 2.45) is 0 Å². The van der Waals surface area contributed by atoms with Crippen LogP contribution >= 0.6 is 0 Å². The van der Waals surface area contributed by atoms with Crippen LogP contribution in [0.25, 0.3) is 0 Å². The summed E-state index contributed by atoms with van der Waals surface area (Å²) >= 11 is 0. The van der Waals surface area contributed by atoms with Gasteiger partial charge in [0, 0.05) is 44.3 Å². The summed E-state index contributed by atoms with van der Waals surface area (Å²) < 4.78 is 17.6. The minimum atomic E-state index is -0.700. The Balaban J connectivity index is 1.99. The van der Waals surface area contributed by atoms with Gasteiger partial charge in [0.05, 0.1) is 7.11 Å². The molecule has 4 heteroatoms. The fourth-order valence-corrected chi connectivity index (χ4v) is 4.00. The molecule has 0 amide bonds. The Morgan fingerprint density at radius 1 is 1.27 bits per heavy atom. The van der Waals surface area contributed by atoms with Crippen molar-refractivity contribution in [2.45, 2.75) is 24.0 Å². The third-order valence-corrected chi connectivity index (χ3v) is 5.20. The normalized spacial score (nSPS) is 31.8. The molecule has 1 aromatic carbocycles. The SMILES string of the molecule is COc1cccc2c1O[C@@]1(OC)C=CC3=CN(C)CC[C@]32C1. The number of hydrogen-bond acceptors (Lipinski definition) is 4. The van der Waals surface area contributed by atoms with Crippen LogP contribution in [0.1, 0.15) is 18.4 Å². The lowest BCUT2D eigenvalue weighted by Crippen LogP contribution is -2.53. The zero-order valence-corrected chi connectivity index (χ0v) is 13.3. The van der Waals surface area contributed by atoms with Gasteiger partial charge in [0.2, 0.25) is 5.79 Å². The van der Waals surface area contributed by atoms with Gasteiger partial charge in [0.25, 0.3) is 0 Å². The lowest BCUT2D eigenvalue weighted by molar-refractivity contribution is -0.154. The monoisotopic (exact) mass is 299 g/mol. The van der Waals surface area contributed by atoms with Crippen LogP contribution in [0.5, 0.6) is 11.5 Å². The molecule has 116 valence electrons. The first-order chi connectivity index (χ1) is 10.6. The van der Waals surface area contributed by atoms with Crippen molar-refractivity contribution in [1.82, 2.24) is 4.90 Å². The molecule has 1 aliphatic carbocycles. The lowest BCUT2D eigenvalue weighted by Gasteiger charge is -2.52. The first kappa shape index (κ1) is 13.7. The zero-order chi connectivity index (χ0) is 15.4. The molecule has 3 aliphatic rings. The molecule has 4 nitrogen and oxygen atoms in total. The quantitative estimate of drug-likeness (QED) is 0.840. The highest BCUT2D eigenvalue weighted by Crippen LogP contribution is 2.57. The van der Waals surface area contributed by atoms with Crippen LogP contribution in [-0.2, 0) is 10.2 Å². The van der Waals surface area contributed by atoms with Crippen molar-refractivity contribution in [3.05, 3.63) is 47.7 Å². The van der Waals surface area contributed by atoms with E-state index in [1.54, 1.807) is 14.2 Å². The van der Waals surface area contributed by atoms with Gasteiger partial charge >= 0.3 is 0 Å². The molecule has 0 saturated heterocycles. The first-order valence-electron chi connectivity index (χ1n) is 7.66. The average Bonchev–Trinajstić information content (AvgIpc) is 2.55. The number of allylic oxidation sites excluding steroid dienone is 2. The van der Waals surface area contributed by atoms with Crippen LogP contribution in [0, 0.1) is 0 Å². The molecule has 4 rings (SSSR count). The second-order valence-electron chi connectivity index (χ2n) is 6.36. The van der Waals surface area contributed by atoms with Crippen molar-refractivity contribution in [3.63, 3.8) is 0 Å². The van der Waals surface area contributed by atoms with Crippen molar-refractivity contribution < 1.29 is 14.2 Å². The fourth-order valence-electron chi connectivity index (χ4n) is 4.00. The predicted molar refractivity (Wildman–Crippen MR) is 84.1 cm³/mol. The standard InChI is InChI=1S/C18H21NO3/c1-19-10-9-17-12-18(21-3,8-7-13(17)11-19)22-16-14(17)5-4-6-15(16)20-2/h4-8,11H,9-10,12H2,1-3H3/t17-,18-/m0/s1. The Kier molecular flexibility index (Phi) is 2.82. The van der Waals surface area contributed by atoms with Crippen molar-refractivity contribution in [3.8, 4) is 11.5 Å². The first-order valence-corrected chi connectivity index (χ1v) is 7.66. The van der Waals surface area contributed by atoms with Gasteiger partial charge in [0.1, 0.15) is 0 Å². The molecular formula is C18H21NO3. The molecule has 1 aromatic rings. The van der Waals surface area contributed by atoms with Crippen LogP contribution in [-0.4, -0.2) is 38.5 Å². The number of methoxy groups -OCH3 is 2. The fraction of sp³-hybridized carbons (Fsp3) is 0.444. The van der Waals surface area contributed by atoms with Crippen LogP contribution in [0.2, 0.25) is 0 Å². The van der Waals surface area contributed by atoms with Crippen LogP contribution in [0.15, 0.2) is 42.1 Å². The van der Waals surface area contributed by atoms with Crippen LogP contribution < -0.4 is 9.47 Å². The number of rotatable bonds is 2. The smallest absolute Gasteiger partial charge is 0.231 e. The van der Waals surface area contributed by atoms with Crippen molar-refractivity contribution in [1.29, 1.82) is 0 Å². The van der Waals surface area contributed by atoms with E-state index >= 15 is 0 Å². The Labute approximate surface area is 131 Å². The summed E-state index contributed by atoms with van der Waals surface area (Å²) in [6.07, 6.45) is 8.30. The minimum Gasteiger partial charge on any atom is -0.493 e. The van der Waals surface area contributed by atoms with Crippen molar-refractivity contribution in [2.75, 3.05) is 27.8 Å². The molecule has 0 N–H and O–H groups in total. The van der Waals surface area contributed by atoms with Crippen LogP contribution in [0.3, 0.4) is 0 Å². The minimum absolute atomic E-state index is 0.0562. The van der Waals surface area contributed by atoms with Gasteiger partial charge in [-0.05, 0) is 24.1 Å². The van der Waals surface area contributed by atoms with E-state index < -0.39 is 5.79 Å². The summed E-state index contributed by atoms with van der Waals surface area (Å²) in [4.78, 5) is 2.25. The largest absolute Gasteiger partial charge is 0.493 e. The summed E-state index contributed by atoms with van der Waals surface area (Å²) in [7, 11) is 5.52. The van der Waals surface area contributed by atoms with Gasteiger partial charge in [-0.3, -0.25) is 0 Å². The molecule has 0 saturated carbocycles. The number of nitrogens with zero attached hydrogens (tertiary/aromatic N) is 1. The summed E-state index contributed by atoms with van der Waals surface area (Å²) in [5.41, 5.74) is 2.48. The third-order valence-electron chi connectivity index (χ3n) is 5.20. The highest BCUT2D eigenvalue weighted by molar-refractivity contribution is 5.59. The van der Waals surface area contributed by atoms with Gasteiger partial charge in [-0.25, -0.2) is 0 Å². The van der Waals surface area contributed by atoms with E-state index in [1.807, 2.05) is 18.2 Å². The van der Waals surface area contributed by atoms with Gasteiger partial charge in [-0.2, -0.15) is 0 Å². The molecule has 1 spiro atoms. The molecule has 2 heterocycles. The molecule has 0 unspecified atom stereocenters. The maximum atomic E-state index is 6.26. The Bertz CT molecular complexity index is 681.